The number of rotatable bonds is 28. The third-order valence-corrected chi connectivity index (χ3v) is 8.10. The van der Waals surface area contributed by atoms with E-state index in [9.17, 15) is 9.46 Å². The third kappa shape index (κ3) is 23.7. The highest BCUT2D eigenvalue weighted by Crippen LogP contribution is 2.39. The van der Waals surface area contributed by atoms with Crippen molar-refractivity contribution in [1.82, 2.24) is 0 Å². The number of hydrogen-bond donors (Lipinski definition) is 1. The molecule has 7 nitrogen and oxygen atoms in total. The molecular formula is C32H61N2O5P. The Labute approximate surface area is 246 Å². The van der Waals surface area contributed by atoms with Gasteiger partial charge in [-0.05, 0) is 18.6 Å². The van der Waals surface area contributed by atoms with Gasteiger partial charge in [-0.3, -0.25) is 4.57 Å². The van der Waals surface area contributed by atoms with E-state index in [1.807, 2.05) is 51.5 Å². The lowest BCUT2D eigenvalue weighted by Crippen LogP contribution is -2.38. The zero-order chi connectivity index (χ0) is 29.4. The number of anilines is 1. The van der Waals surface area contributed by atoms with Crippen LogP contribution in [0, 0.1) is 0 Å². The summed E-state index contributed by atoms with van der Waals surface area (Å²) in [5.41, 5.74) is 0.903. The fourth-order valence-electron chi connectivity index (χ4n) is 4.52. The SMILES string of the molecule is CCCCCCCCCCCCCCCCCCOCC(CNc1ccccc1)OP(=O)([O-])OCC[N+](C)(C)C. The normalized spacial score (nSPS) is 14.2. The molecule has 0 saturated carbocycles. The van der Waals surface area contributed by atoms with Crippen LogP contribution in [0.1, 0.15) is 110 Å². The Morgan fingerprint density at radius 1 is 0.775 bits per heavy atom. The Kier molecular flexibility index (Phi) is 21.9. The number of benzene rings is 1. The van der Waals surface area contributed by atoms with Crippen molar-refractivity contribution in [3.63, 3.8) is 0 Å². The zero-order valence-electron chi connectivity index (χ0n) is 26.2. The van der Waals surface area contributed by atoms with Gasteiger partial charge in [0.15, 0.2) is 0 Å². The molecule has 0 heterocycles. The number of ether oxygens (including phenoxy) is 1. The Morgan fingerprint density at radius 2 is 1.27 bits per heavy atom. The van der Waals surface area contributed by atoms with Crippen LogP contribution in [0.5, 0.6) is 0 Å². The monoisotopic (exact) mass is 584 g/mol. The fourth-order valence-corrected chi connectivity index (χ4v) is 5.39. The summed E-state index contributed by atoms with van der Waals surface area (Å²) in [5.74, 6) is 0. The average Bonchev–Trinajstić information content (AvgIpc) is 2.90. The van der Waals surface area contributed by atoms with Gasteiger partial charge in [0.25, 0.3) is 7.82 Å². The number of likely N-dealkylation sites (N-methyl/N-ethyl adjacent to an activating group) is 1. The number of phosphoric acid groups is 1. The first-order valence-electron chi connectivity index (χ1n) is 16.0. The molecule has 0 fully saturated rings. The topological polar surface area (TPSA) is 79.9 Å². The van der Waals surface area contributed by atoms with Gasteiger partial charge in [0, 0.05) is 18.8 Å². The van der Waals surface area contributed by atoms with E-state index in [4.69, 9.17) is 13.8 Å². The number of nitrogens with zero attached hydrogens (tertiary/aromatic N) is 1. The molecule has 1 aromatic rings. The van der Waals surface area contributed by atoms with Crippen molar-refractivity contribution >= 4 is 13.5 Å². The lowest BCUT2D eigenvalue weighted by molar-refractivity contribution is -0.870. The molecule has 8 heteroatoms. The van der Waals surface area contributed by atoms with Crippen LogP contribution in [0.2, 0.25) is 0 Å². The molecule has 1 N–H and O–H groups in total. The smallest absolute Gasteiger partial charge is 0.268 e. The molecule has 0 bridgehead atoms. The molecule has 1 rings (SSSR count). The molecule has 0 saturated heterocycles. The lowest BCUT2D eigenvalue weighted by atomic mass is 10.0. The number of phosphoric ester groups is 1. The molecule has 0 radical (unpaired) electrons. The summed E-state index contributed by atoms with van der Waals surface area (Å²) in [5, 5.41) is 3.23. The van der Waals surface area contributed by atoms with Crippen LogP contribution in [0.15, 0.2) is 30.3 Å². The molecule has 1 aromatic carbocycles. The van der Waals surface area contributed by atoms with E-state index in [-0.39, 0.29) is 13.2 Å². The minimum absolute atomic E-state index is 0.0865. The summed E-state index contributed by atoms with van der Waals surface area (Å²) >= 11 is 0. The number of unbranched alkanes of at least 4 members (excludes halogenated alkanes) is 15. The second-order valence-corrected chi connectivity index (χ2v) is 13.5. The Morgan fingerprint density at radius 3 is 1.77 bits per heavy atom. The van der Waals surface area contributed by atoms with Crippen molar-refractivity contribution in [2.45, 2.75) is 116 Å². The van der Waals surface area contributed by atoms with Gasteiger partial charge in [-0.25, -0.2) is 0 Å². The van der Waals surface area contributed by atoms with Gasteiger partial charge in [-0.1, -0.05) is 121 Å². The molecule has 0 aliphatic heterocycles. The molecule has 2 unspecified atom stereocenters. The van der Waals surface area contributed by atoms with Gasteiger partial charge in [0.2, 0.25) is 0 Å². The maximum Gasteiger partial charge on any atom is 0.268 e. The van der Waals surface area contributed by atoms with Crippen molar-refractivity contribution in [3.05, 3.63) is 30.3 Å². The number of para-hydroxylation sites is 1. The second kappa shape index (κ2) is 23.6. The highest BCUT2D eigenvalue weighted by molar-refractivity contribution is 7.45. The summed E-state index contributed by atoms with van der Waals surface area (Å²) in [6.07, 6.45) is 20.7. The Balaban J connectivity index is 2.14. The van der Waals surface area contributed by atoms with E-state index in [2.05, 4.69) is 12.2 Å². The van der Waals surface area contributed by atoms with E-state index < -0.39 is 13.9 Å². The van der Waals surface area contributed by atoms with Crippen LogP contribution < -0.4 is 10.2 Å². The van der Waals surface area contributed by atoms with Gasteiger partial charge in [-0.15, -0.1) is 0 Å². The molecule has 2 atom stereocenters. The molecule has 234 valence electrons. The maximum absolute atomic E-state index is 12.4. The minimum Gasteiger partial charge on any atom is -0.756 e. The molecule has 0 spiro atoms. The summed E-state index contributed by atoms with van der Waals surface area (Å²) < 4.78 is 29.4. The molecule has 0 aromatic heterocycles. The summed E-state index contributed by atoms with van der Waals surface area (Å²) in [6, 6.07) is 9.66. The molecule has 0 aliphatic rings. The van der Waals surface area contributed by atoms with Crippen molar-refractivity contribution in [1.29, 1.82) is 0 Å². The largest absolute Gasteiger partial charge is 0.756 e. The Bertz CT molecular complexity index is 745. The van der Waals surface area contributed by atoms with Crippen LogP contribution in [0.3, 0.4) is 0 Å². The summed E-state index contributed by atoms with van der Waals surface area (Å²) in [6.45, 7) is 4.05. The lowest BCUT2D eigenvalue weighted by Gasteiger charge is -2.30. The molecule has 0 aliphatic carbocycles. The van der Waals surface area contributed by atoms with Gasteiger partial charge < -0.3 is 28.5 Å². The zero-order valence-corrected chi connectivity index (χ0v) is 27.1. The van der Waals surface area contributed by atoms with E-state index in [0.29, 0.717) is 24.2 Å². The minimum atomic E-state index is -4.43. The standard InChI is InChI=1S/C32H61N2O5P/c1-5-6-7-8-9-10-11-12-13-14-15-16-17-18-19-23-27-37-30-32(29-33-31-24-21-20-22-25-31)39-40(35,36)38-28-26-34(2,3)4/h20-22,24-25,32-33H,5-19,23,26-30H2,1-4H3. The van der Waals surface area contributed by atoms with Crippen LogP contribution >= 0.6 is 7.82 Å². The van der Waals surface area contributed by atoms with E-state index >= 15 is 0 Å². The first-order chi connectivity index (χ1) is 19.2. The van der Waals surface area contributed by atoms with Gasteiger partial charge in [-0.2, -0.15) is 0 Å². The van der Waals surface area contributed by atoms with Crippen LogP contribution in [0.4, 0.5) is 5.69 Å². The van der Waals surface area contributed by atoms with Crippen molar-refractivity contribution < 1.29 is 27.7 Å². The highest BCUT2D eigenvalue weighted by atomic mass is 31.2. The highest BCUT2D eigenvalue weighted by Gasteiger charge is 2.20. The van der Waals surface area contributed by atoms with E-state index in [1.54, 1.807) is 0 Å². The predicted molar refractivity (Wildman–Crippen MR) is 167 cm³/mol. The first-order valence-corrected chi connectivity index (χ1v) is 17.5. The van der Waals surface area contributed by atoms with Crippen LogP contribution in [-0.2, 0) is 18.3 Å². The number of nitrogens with one attached hydrogen (secondary N) is 1. The van der Waals surface area contributed by atoms with Crippen molar-refractivity contribution in [3.8, 4) is 0 Å². The Hall–Kier alpha value is -0.950. The molecular weight excluding hydrogens is 523 g/mol. The van der Waals surface area contributed by atoms with Crippen LogP contribution in [-0.4, -0.2) is 64.6 Å². The second-order valence-electron chi connectivity index (χ2n) is 12.1. The number of hydrogen-bond acceptors (Lipinski definition) is 6. The van der Waals surface area contributed by atoms with Crippen molar-refractivity contribution in [2.75, 3.05) is 59.4 Å². The molecule has 0 amide bonds. The quantitative estimate of drug-likeness (QED) is 0.0612. The summed E-state index contributed by atoms with van der Waals surface area (Å²) in [4.78, 5) is 12.4. The van der Waals surface area contributed by atoms with Gasteiger partial charge in [0.05, 0.1) is 27.7 Å². The van der Waals surface area contributed by atoms with E-state index in [1.165, 1.54) is 89.9 Å². The molecule has 40 heavy (non-hydrogen) atoms. The van der Waals surface area contributed by atoms with E-state index in [0.717, 1.165) is 18.5 Å². The first kappa shape index (κ1) is 37.1. The van der Waals surface area contributed by atoms with Crippen LogP contribution in [0.25, 0.3) is 0 Å². The van der Waals surface area contributed by atoms with Gasteiger partial charge in [0.1, 0.15) is 19.3 Å². The average molecular weight is 585 g/mol. The predicted octanol–water partition coefficient (Wildman–Crippen LogP) is 7.95. The third-order valence-electron chi connectivity index (χ3n) is 7.04. The van der Waals surface area contributed by atoms with Crippen molar-refractivity contribution in [2.24, 2.45) is 0 Å². The number of quaternary nitrogens is 1. The fraction of sp³-hybridized carbons (Fsp3) is 0.812. The van der Waals surface area contributed by atoms with Gasteiger partial charge >= 0.3 is 0 Å². The maximum atomic E-state index is 12.4. The summed E-state index contributed by atoms with van der Waals surface area (Å²) in [7, 11) is 1.53.